The zero-order chi connectivity index (χ0) is 14.4. The van der Waals surface area contributed by atoms with Crippen LogP contribution < -0.4 is 11.1 Å². The summed E-state index contributed by atoms with van der Waals surface area (Å²) in [5, 5.41) is 9.27. The number of rotatable bonds is 3. The SMILES string of the molecule is N=C(N)NC(=O)C=Cc1ccccc1C1CCCCC1. The van der Waals surface area contributed by atoms with E-state index in [9.17, 15) is 4.79 Å². The lowest BCUT2D eigenvalue weighted by Crippen LogP contribution is -2.34. The van der Waals surface area contributed by atoms with Gasteiger partial charge in [-0.3, -0.25) is 15.5 Å². The normalized spacial score (nSPS) is 16.2. The highest BCUT2D eigenvalue weighted by Crippen LogP contribution is 2.34. The summed E-state index contributed by atoms with van der Waals surface area (Å²) in [4.78, 5) is 11.5. The van der Waals surface area contributed by atoms with Crippen LogP contribution in [0, 0.1) is 5.41 Å². The molecule has 0 unspecified atom stereocenters. The van der Waals surface area contributed by atoms with Gasteiger partial charge >= 0.3 is 0 Å². The minimum atomic E-state index is -0.365. The maximum absolute atomic E-state index is 11.5. The Morgan fingerprint density at radius 3 is 2.65 bits per heavy atom. The van der Waals surface area contributed by atoms with Crippen LogP contribution in [0.15, 0.2) is 30.3 Å². The van der Waals surface area contributed by atoms with E-state index in [1.165, 1.54) is 43.7 Å². The second-order valence-electron chi connectivity index (χ2n) is 5.20. The van der Waals surface area contributed by atoms with Crippen LogP contribution in [0.25, 0.3) is 6.08 Å². The molecular formula is C16H21N3O. The molecule has 1 saturated carbocycles. The summed E-state index contributed by atoms with van der Waals surface area (Å²) < 4.78 is 0. The number of amides is 1. The van der Waals surface area contributed by atoms with Crippen molar-refractivity contribution in [1.82, 2.24) is 5.32 Å². The van der Waals surface area contributed by atoms with E-state index in [4.69, 9.17) is 11.1 Å². The fourth-order valence-corrected chi connectivity index (χ4v) is 2.79. The van der Waals surface area contributed by atoms with Crippen molar-refractivity contribution in [2.75, 3.05) is 0 Å². The molecule has 106 valence electrons. The summed E-state index contributed by atoms with van der Waals surface area (Å²) in [5.41, 5.74) is 7.53. The van der Waals surface area contributed by atoms with E-state index in [1.54, 1.807) is 0 Å². The topological polar surface area (TPSA) is 79.0 Å². The molecule has 1 aromatic carbocycles. The van der Waals surface area contributed by atoms with Gasteiger partial charge < -0.3 is 5.73 Å². The van der Waals surface area contributed by atoms with E-state index in [0.29, 0.717) is 5.92 Å². The van der Waals surface area contributed by atoms with Crippen LogP contribution in [-0.4, -0.2) is 11.9 Å². The molecular weight excluding hydrogens is 250 g/mol. The van der Waals surface area contributed by atoms with Gasteiger partial charge in [-0.2, -0.15) is 0 Å². The first-order valence-corrected chi connectivity index (χ1v) is 7.09. The van der Waals surface area contributed by atoms with Crippen molar-refractivity contribution in [2.45, 2.75) is 38.0 Å². The molecule has 0 spiro atoms. The van der Waals surface area contributed by atoms with Gasteiger partial charge in [-0.05, 0) is 36.0 Å². The first kappa shape index (κ1) is 14.3. The number of nitrogens with one attached hydrogen (secondary N) is 2. The molecule has 0 aliphatic heterocycles. The summed E-state index contributed by atoms with van der Waals surface area (Å²) >= 11 is 0. The summed E-state index contributed by atoms with van der Waals surface area (Å²) in [6.07, 6.45) is 9.59. The number of nitrogens with two attached hydrogens (primary N) is 1. The molecule has 0 atom stereocenters. The highest BCUT2D eigenvalue weighted by atomic mass is 16.1. The predicted molar refractivity (Wildman–Crippen MR) is 81.4 cm³/mol. The summed E-state index contributed by atoms with van der Waals surface area (Å²) in [6, 6.07) is 8.21. The van der Waals surface area contributed by atoms with E-state index in [1.807, 2.05) is 18.2 Å². The van der Waals surface area contributed by atoms with Crippen LogP contribution in [0.5, 0.6) is 0 Å². The van der Waals surface area contributed by atoms with Crippen LogP contribution in [0.4, 0.5) is 0 Å². The minimum Gasteiger partial charge on any atom is -0.370 e. The molecule has 1 aliphatic carbocycles. The Labute approximate surface area is 119 Å². The van der Waals surface area contributed by atoms with Gasteiger partial charge in [0.2, 0.25) is 0 Å². The predicted octanol–water partition coefficient (Wildman–Crippen LogP) is 2.76. The standard InChI is InChI=1S/C16H21N3O/c17-16(18)19-15(20)11-10-13-8-4-5-9-14(13)12-6-2-1-3-7-12/h4-5,8-12H,1-3,6-7H2,(H4,17,18,19,20). The molecule has 4 nitrogen and oxygen atoms in total. The first-order chi connectivity index (χ1) is 9.66. The van der Waals surface area contributed by atoms with Gasteiger partial charge in [0.05, 0.1) is 0 Å². The second kappa shape index (κ2) is 6.89. The molecule has 0 bridgehead atoms. The van der Waals surface area contributed by atoms with Gasteiger partial charge in [0.1, 0.15) is 0 Å². The fourth-order valence-electron chi connectivity index (χ4n) is 2.79. The third-order valence-electron chi connectivity index (χ3n) is 3.71. The van der Waals surface area contributed by atoms with Gasteiger partial charge in [0, 0.05) is 6.08 Å². The van der Waals surface area contributed by atoms with Crippen LogP contribution in [0.2, 0.25) is 0 Å². The number of carbonyl (C=O) groups is 1. The number of carbonyl (C=O) groups excluding carboxylic acids is 1. The smallest absolute Gasteiger partial charge is 0.250 e. The number of benzene rings is 1. The minimum absolute atomic E-state index is 0.333. The highest BCUT2D eigenvalue weighted by Gasteiger charge is 2.17. The van der Waals surface area contributed by atoms with Crippen molar-refractivity contribution >= 4 is 17.9 Å². The number of hydrogen-bond donors (Lipinski definition) is 3. The molecule has 2 rings (SSSR count). The summed E-state index contributed by atoms with van der Waals surface area (Å²) in [6.45, 7) is 0. The Hall–Kier alpha value is -2.10. The van der Waals surface area contributed by atoms with Gasteiger partial charge in [0.25, 0.3) is 5.91 Å². The van der Waals surface area contributed by atoms with Crippen LogP contribution in [0.3, 0.4) is 0 Å². The Balaban J connectivity index is 2.13. The third-order valence-corrected chi connectivity index (χ3v) is 3.71. The molecule has 1 aromatic rings. The van der Waals surface area contributed by atoms with Crippen molar-refractivity contribution in [3.8, 4) is 0 Å². The van der Waals surface area contributed by atoms with Crippen LogP contribution in [0.1, 0.15) is 49.1 Å². The lowest BCUT2D eigenvalue weighted by atomic mass is 9.82. The lowest BCUT2D eigenvalue weighted by molar-refractivity contribution is -0.115. The maximum Gasteiger partial charge on any atom is 0.250 e. The zero-order valence-electron chi connectivity index (χ0n) is 11.6. The molecule has 0 saturated heterocycles. The Bertz CT molecular complexity index is 516. The van der Waals surface area contributed by atoms with Crippen LogP contribution >= 0.6 is 0 Å². The largest absolute Gasteiger partial charge is 0.370 e. The Morgan fingerprint density at radius 1 is 1.25 bits per heavy atom. The second-order valence-corrected chi connectivity index (χ2v) is 5.20. The highest BCUT2D eigenvalue weighted by molar-refractivity contribution is 6.02. The van der Waals surface area contributed by atoms with E-state index < -0.39 is 0 Å². The van der Waals surface area contributed by atoms with Crippen molar-refractivity contribution < 1.29 is 4.79 Å². The van der Waals surface area contributed by atoms with Crippen molar-refractivity contribution in [3.63, 3.8) is 0 Å². The average Bonchev–Trinajstić information content (AvgIpc) is 2.46. The summed E-state index contributed by atoms with van der Waals surface area (Å²) in [7, 11) is 0. The lowest BCUT2D eigenvalue weighted by Gasteiger charge is -2.23. The monoisotopic (exact) mass is 271 g/mol. The molecule has 1 fully saturated rings. The van der Waals surface area contributed by atoms with Crippen LogP contribution in [-0.2, 0) is 4.79 Å². The third kappa shape index (κ3) is 3.95. The summed E-state index contributed by atoms with van der Waals surface area (Å²) in [5.74, 6) is -0.100. The molecule has 4 N–H and O–H groups in total. The van der Waals surface area contributed by atoms with E-state index in [-0.39, 0.29) is 11.9 Å². The van der Waals surface area contributed by atoms with Crippen molar-refractivity contribution in [3.05, 3.63) is 41.5 Å². The zero-order valence-corrected chi connectivity index (χ0v) is 11.6. The quantitative estimate of drug-likeness (QED) is 0.449. The fraction of sp³-hybridized carbons (Fsp3) is 0.375. The molecule has 0 radical (unpaired) electrons. The molecule has 0 heterocycles. The number of hydrogen-bond acceptors (Lipinski definition) is 2. The molecule has 0 aromatic heterocycles. The van der Waals surface area contributed by atoms with Crippen molar-refractivity contribution in [2.24, 2.45) is 5.73 Å². The Morgan fingerprint density at radius 2 is 1.95 bits per heavy atom. The van der Waals surface area contributed by atoms with Gasteiger partial charge in [-0.1, -0.05) is 43.5 Å². The molecule has 4 heteroatoms. The van der Waals surface area contributed by atoms with Crippen molar-refractivity contribution in [1.29, 1.82) is 5.41 Å². The van der Waals surface area contributed by atoms with E-state index in [2.05, 4.69) is 17.4 Å². The number of guanidine groups is 1. The van der Waals surface area contributed by atoms with E-state index >= 15 is 0 Å². The first-order valence-electron chi connectivity index (χ1n) is 7.09. The van der Waals surface area contributed by atoms with Gasteiger partial charge in [0.15, 0.2) is 5.96 Å². The molecule has 1 amide bonds. The van der Waals surface area contributed by atoms with Gasteiger partial charge in [-0.25, -0.2) is 0 Å². The van der Waals surface area contributed by atoms with E-state index in [0.717, 1.165) is 5.56 Å². The van der Waals surface area contributed by atoms with Gasteiger partial charge in [-0.15, -0.1) is 0 Å². The molecule has 20 heavy (non-hydrogen) atoms. The molecule has 1 aliphatic rings. The Kier molecular flexibility index (Phi) is 4.93. The average molecular weight is 271 g/mol. The maximum atomic E-state index is 11.5.